The second-order valence-corrected chi connectivity index (χ2v) is 7.23. The molecule has 0 radical (unpaired) electrons. The lowest BCUT2D eigenvalue weighted by Crippen LogP contribution is -2.36. The van der Waals surface area contributed by atoms with Gasteiger partial charge in [-0.3, -0.25) is 0 Å². The summed E-state index contributed by atoms with van der Waals surface area (Å²) in [4.78, 5) is 0. The van der Waals surface area contributed by atoms with Crippen LogP contribution in [0.1, 0.15) is 61.3 Å². The number of rotatable bonds is 8. The molecule has 0 amide bonds. The quantitative estimate of drug-likeness (QED) is 0.695. The second kappa shape index (κ2) is 7.18. The molecular weight excluding hydrogens is 222 g/mol. The van der Waals surface area contributed by atoms with Crippen molar-refractivity contribution in [1.82, 2.24) is 5.32 Å². The predicted molar refractivity (Wildman–Crippen MR) is 80.7 cm³/mol. The van der Waals surface area contributed by atoms with Crippen molar-refractivity contribution in [1.29, 1.82) is 0 Å². The maximum atomic E-state index is 5.73. The van der Waals surface area contributed by atoms with E-state index in [1.165, 1.54) is 6.42 Å². The van der Waals surface area contributed by atoms with Crippen LogP contribution in [0, 0.1) is 10.8 Å². The fourth-order valence-electron chi connectivity index (χ4n) is 1.85. The van der Waals surface area contributed by atoms with Gasteiger partial charge in [-0.05, 0) is 18.8 Å². The summed E-state index contributed by atoms with van der Waals surface area (Å²) < 4.78 is 5.73. The van der Waals surface area contributed by atoms with E-state index in [1.807, 2.05) is 0 Å². The molecular formula is C16H33NO. The first-order valence-corrected chi connectivity index (χ1v) is 7.12. The molecule has 2 heteroatoms. The van der Waals surface area contributed by atoms with Gasteiger partial charge in [-0.15, -0.1) is 0 Å². The van der Waals surface area contributed by atoms with Gasteiger partial charge in [0.2, 0.25) is 0 Å². The first-order chi connectivity index (χ1) is 8.08. The Balaban J connectivity index is 4.01. The molecule has 0 aromatic carbocycles. The smallest absolute Gasteiger partial charge is 0.0665 e. The standard InChI is InChI=1S/C16H33NO/c1-9-10-16(7,8)14(3)17-13(2)11-18-12-15(4,5)6/h13,17H,3,9-12H2,1-2,4-8H3. The van der Waals surface area contributed by atoms with E-state index < -0.39 is 0 Å². The van der Waals surface area contributed by atoms with Gasteiger partial charge in [-0.1, -0.05) is 54.5 Å². The highest BCUT2D eigenvalue weighted by Gasteiger charge is 2.22. The molecule has 0 saturated heterocycles. The Kier molecular flexibility index (Phi) is 6.98. The lowest BCUT2D eigenvalue weighted by atomic mass is 9.85. The highest BCUT2D eigenvalue weighted by atomic mass is 16.5. The summed E-state index contributed by atoms with van der Waals surface area (Å²) in [6.07, 6.45) is 2.34. The molecule has 0 heterocycles. The Morgan fingerprint density at radius 2 is 1.78 bits per heavy atom. The summed E-state index contributed by atoms with van der Waals surface area (Å²) in [5.74, 6) is 0. The minimum Gasteiger partial charge on any atom is -0.384 e. The number of allylic oxidation sites excluding steroid dienone is 1. The van der Waals surface area contributed by atoms with Crippen molar-refractivity contribution in [2.45, 2.75) is 67.3 Å². The van der Waals surface area contributed by atoms with Crippen molar-refractivity contribution in [3.63, 3.8) is 0 Å². The maximum Gasteiger partial charge on any atom is 0.0665 e. The van der Waals surface area contributed by atoms with Crippen LogP contribution < -0.4 is 5.32 Å². The molecule has 108 valence electrons. The van der Waals surface area contributed by atoms with E-state index >= 15 is 0 Å². The summed E-state index contributed by atoms with van der Waals surface area (Å²) >= 11 is 0. The third kappa shape index (κ3) is 7.75. The summed E-state index contributed by atoms with van der Waals surface area (Å²) in [6, 6.07) is 0.316. The van der Waals surface area contributed by atoms with E-state index in [0.29, 0.717) is 6.04 Å². The first kappa shape index (κ1) is 17.5. The second-order valence-electron chi connectivity index (χ2n) is 7.23. The molecule has 0 bridgehead atoms. The molecule has 18 heavy (non-hydrogen) atoms. The third-order valence-electron chi connectivity index (χ3n) is 3.02. The molecule has 0 aliphatic carbocycles. The van der Waals surface area contributed by atoms with Gasteiger partial charge in [-0.25, -0.2) is 0 Å². The lowest BCUT2D eigenvalue weighted by molar-refractivity contribution is 0.0597. The molecule has 1 atom stereocenters. The van der Waals surface area contributed by atoms with Crippen molar-refractivity contribution in [3.05, 3.63) is 12.3 Å². The first-order valence-electron chi connectivity index (χ1n) is 7.12. The molecule has 0 aromatic rings. The van der Waals surface area contributed by atoms with Crippen LogP contribution in [-0.2, 0) is 4.74 Å². The van der Waals surface area contributed by atoms with E-state index in [4.69, 9.17) is 4.74 Å². The average Bonchev–Trinajstić information content (AvgIpc) is 2.14. The molecule has 0 rings (SSSR count). The van der Waals surface area contributed by atoms with Crippen molar-refractivity contribution in [2.75, 3.05) is 13.2 Å². The lowest BCUT2D eigenvalue weighted by Gasteiger charge is -2.30. The van der Waals surface area contributed by atoms with Crippen LogP contribution in [0.3, 0.4) is 0 Å². The van der Waals surface area contributed by atoms with E-state index in [2.05, 4.69) is 60.4 Å². The zero-order chi connectivity index (χ0) is 14.4. The van der Waals surface area contributed by atoms with Crippen LogP contribution in [-0.4, -0.2) is 19.3 Å². The fraction of sp³-hybridized carbons (Fsp3) is 0.875. The van der Waals surface area contributed by atoms with Gasteiger partial charge in [0.15, 0.2) is 0 Å². The summed E-state index contributed by atoms with van der Waals surface area (Å²) in [7, 11) is 0. The van der Waals surface area contributed by atoms with Crippen LogP contribution in [0.15, 0.2) is 12.3 Å². The van der Waals surface area contributed by atoms with Crippen molar-refractivity contribution >= 4 is 0 Å². The number of hydrogen-bond acceptors (Lipinski definition) is 2. The van der Waals surface area contributed by atoms with E-state index in [-0.39, 0.29) is 10.8 Å². The molecule has 1 unspecified atom stereocenters. The molecule has 0 saturated carbocycles. The van der Waals surface area contributed by atoms with E-state index in [9.17, 15) is 0 Å². The molecule has 0 aliphatic rings. The fourth-order valence-corrected chi connectivity index (χ4v) is 1.85. The SMILES string of the molecule is C=C(NC(C)COCC(C)(C)C)C(C)(C)CCC. The molecule has 2 nitrogen and oxygen atoms in total. The van der Waals surface area contributed by atoms with Crippen LogP contribution in [0.4, 0.5) is 0 Å². The van der Waals surface area contributed by atoms with Crippen LogP contribution in [0.2, 0.25) is 0 Å². The van der Waals surface area contributed by atoms with Gasteiger partial charge in [0, 0.05) is 17.2 Å². The Morgan fingerprint density at radius 3 is 2.22 bits per heavy atom. The van der Waals surface area contributed by atoms with E-state index in [1.54, 1.807) is 0 Å². The minimum atomic E-state index is 0.160. The van der Waals surface area contributed by atoms with E-state index in [0.717, 1.165) is 25.3 Å². The highest BCUT2D eigenvalue weighted by Crippen LogP contribution is 2.28. The number of nitrogens with one attached hydrogen (secondary N) is 1. The molecule has 0 aliphatic heterocycles. The Hall–Kier alpha value is -0.500. The third-order valence-corrected chi connectivity index (χ3v) is 3.02. The van der Waals surface area contributed by atoms with Crippen molar-refractivity contribution < 1.29 is 4.74 Å². The zero-order valence-electron chi connectivity index (χ0n) is 13.5. The zero-order valence-corrected chi connectivity index (χ0v) is 13.5. The minimum absolute atomic E-state index is 0.160. The van der Waals surface area contributed by atoms with Crippen molar-refractivity contribution in [3.8, 4) is 0 Å². The van der Waals surface area contributed by atoms with Crippen LogP contribution >= 0.6 is 0 Å². The monoisotopic (exact) mass is 255 g/mol. The summed E-state index contributed by atoms with van der Waals surface area (Å²) in [6.45, 7) is 21.1. The van der Waals surface area contributed by atoms with Gasteiger partial charge in [0.1, 0.15) is 0 Å². The molecule has 0 spiro atoms. The number of hydrogen-bond donors (Lipinski definition) is 1. The predicted octanol–water partition coefficient (Wildman–Crippen LogP) is 4.37. The van der Waals surface area contributed by atoms with Gasteiger partial charge >= 0.3 is 0 Å². The summed E-state index contributed by atoms with van der Waals surface area (Å²) in [5.41, 5.74) is 1.52. The topological polar surface area (TPSA) is 21.3 Å². The molecule has 1 N–H and O–H groups in total. The average molecular weight is 255 g/mol. The van der Waals surface area contributed by atoms with Crippen LogP contribution in [0.25, 0.3) is 0 Å². The highest BCUT2D eigenvalue weighted by molar-refractivity contribution is 5.05. The van der Waals surface area contributed by atoms with Gasteiger partial charge in [0.05, 0.1) is 13.2 Å². The normalized spacial score (nSPS) is 14.4. The van der Waals surface area contributed by atoms with Gasteiger partial charge in [0.25, 0.3) is 0 Å². The summed E-state index contributed by atoms with van der Waals surface area (Å²) in [5, 5.41) is 3.47. The molecule has 0 aromatic heterocycles. The van der Waals surface area contributed by atoms with Crippen LogP contribution in [0.5, 0.6) is 0 Å². The largest absolute Gasteiger partial charge is 0.384 e. The maximum absolute atomic E-state index is 5.73. The Labute approximate surface area is 114 Å². The van der Waals surface area contributed by atoms with Gasteiger partial charge < -0.3 is 10.1 Å². The van der Waals surface area contributed by atoms with Gasteiger partial charge in [-0.2, -0.15) is 0 Å². The van der Waals surface area contributed by atoms with Crippen molar-refractivity contribution in [2.24, 2.45) is 10.8 Å². The Morgan fingerprint density at radius 1 is 1.22 bits per heavy atom. The molecule has 0 fully saturated rings. The Bertz CT molecular complexity index is 250. The number of ether oxygens (including phenoxy) is 1.